The number of carbonyl (C=O) groups excluding carboxylic acids is 1. The van der Waals surface area contributed by atoms with Crippen molar-refractivity contribution >= 4 is 28.6 Å². The molecule has 1 amide bonds. The number of rotatable bonds is 6. The Labute approximate surface area is 193 Å². The molecule has 4 rings (SSSR count). The van der Waals surface area contributed by atoms with Crippen LogP contribution in [0.1, 0.15) is 11.1 Å². The molecule has 33 heavy (non-hydrogen) atoms. The first-order chi connectivity index (χ1) is 15.9. The van der Waals surface area contributed by atoms with Gasteiger partial charge in [0.2, 0.25) is 5.95 Å². The lowest BCUT2D eigenvalue weighted by Gasteiger charge is -2.34. The Bertz CT molecular complexity index is 1150. The molecule has 0 radical (unpaired) electrons. The van der Waals surface area contributed by atoms with Gasteiger partial charge in [0.05, 0.1) is 19.7 Å². The zero-order valence-electron chi connectivity index (χ0n) is 19.4. The number of nitrogen functional groups attached to an aromatic ring is 1. The highest BCUT2D eigenvalue weighted by molar-refractivity contribution is 5.91. The van der Waals surface area contributed by atoms with Crippen LogP contribution in [0.15, 0.2) is 30.3 Å². The Morgan fingerprint density at radius 3 is 2.27 bits per heavy atom. The number of ether oxygens (including phenoxy) is 3. The summed E-state index contributed by atoms with van der Waals surface area (Å²) in [5.41, 5.74) is 8.94. The van der Waals surface area contributed by atoms with Crippen molar-refractivity contribution in [2.24, 2.45) is 0 Å². The molecular formula is C24H29N5O4. The van der Waals surface area contributed by atoms with Gasteiger partial charge in [0.15, 0.2) is 18.1 Å². The van der Waals surface area contributed by atoms with Crippen molar-refractivity contribution in [2.45, 2.75) is 13.8 Å². The number of carbonyl (C=O) groups is 1. The normalized spacial score (nSPS) is 13.8. The van der Waals surface area contributed by atoms with Gasteiger partial charge < -0.3 is 29.7 Å². The molecule has 1 fully saturated rings. The fraction of sp³-hybridized carbons (Fsp3) is 0.375. The number of amides is 1. The topological polar surface area (TPSA) is 103 Å². The molecule has 0 atom stereocenters. The summed E-state index contributed by atoms with van der Waals surface area (Å²) in [6.07, 6.45) is 0. The molecule has 2 N–H and O–H groups in total. The van der Waals surface area contributed by atoms with Crippen molar-refractivity contribution in [1.82, 2.24) is 14.9 Å². The monoisotopic (exact) mass is 451 g/mol. The molecule has 174 valence electrons. The summed E-state index contributed by atoms with van der Waals surface area (Å²) in [5.74, 6) is 2.80. The minimum Gasteiger partial charge on any atom is -0.493 e. The maximum atomic E-state index is 12.7. The van der Waals surface area contributed by atoms with Gasteiger partial charge in [-0.15, -0.1) is 0 Å². The molecule has 0 aliphatic carbocycles. The van der Waals surface area contributed by atoms with Crippen molar-refractivity contribution in [2.75, 3.05) is 57.6 Å². The second-order valence-electron chi connectivity index (χ2n) is 8.01. The fourth-order valence-corrected chi connectivity index (χ4v) is 4.02. The zero-order chi connectivity index (χ0) is 23.5. The first kappa shape index (κ1) is 22.4. The minimum atomic E-state index is -0.0342. The quantitative estimate of drug-likeness (QED) is 0.610. The van der Waals surface area contributed by atoms with Gasteiger partial charge in [-0.2, -0.15) is 4.98 Å². The van der Waals surface area contributed by atoms with Crippen molar-refractivity contribution in [3.63, 3.8) is 0 Å². The average molecular weight is 452 g/mol. The largest absolute Gasteiger partial charge is 0.493 e. The number of hydrogen-bond acceptors (Lipinski definition) is 8. The number of hydrogen-bond donors (Lipinski definition) is 1. The molecule has 9 nitrogen and oxygen atoms in total. The Morgan fingerprint density at radius 2 is 1.64 bits per heavy atom. The van der Waals surface area contributed by atoms with Crippen molar-refractivity contribution in [3.05, 3.63) is 41.5 Å². The zero-order valence-corrected chi connectivity index (χ0v) is 19.4. The number of methoxy groups -OCH3 is 2. The summed E-state index contributed by atoms with van der Waals surface area (Å²) in [5, 5.41) is 0.703. The minimum absolute atomic E-state index is 0.0206. The van der Waals surface area contributed by atoms with Crippen molar-refractivity contribution in [1.29, 1.82) is 0 Å². The van der Waals surface area contributed by atoms with Crippen LogP contribution in [0.5, 0.6) is 17.2 Å². The SMILES string of the molecule is COc1cc2nc(N3CCN(C(=O)COc4c(C)cccc4C)CC3)nc(N)c2cc1OC. The number of anilines is 2. The predicted molar refractivity (Wildman–Crippen MR) is 127 cm³/mol. The van der Waals surface area contributed by atoms with E-state index in [1.54, 1.807) is 26.4 Å². The molecule has 2 heterocycles. The fourth-order valence-electron chi connectivity index (χ4n) is 4.02. The van der Waals surface area contributed by atoms with E-state index in [0.717, 1.165) is 16.9 Å². The van der Waals surface area contributed by atoms with E-state index < -0.39 is 0 Å². The number of piperazine rings is 1. The van der Waals surface area contributed by atoms with E-state index in [0.29, 0.717) is 60.3 Å². The number of benzene rings is 2. The highest BCUT2D eigenvalue weighted by Gasteiger charge is 2.24. The summed E-state index contributed by atoms with van der Waals surface area (Å²) < 4.78 is 16.6. The first-order valence-electron chi connectivity index (χ1n) is 10.8. The number of fused-ring (bicyclic) bond motifs is 1. The third-order valence-electron chi connectivity index (χ3n) is 5.88. The van der Waals surface area contributed by atoms with Gasteiger partial charge in [-0.3, -0.25) is 4.79 Å². The van der Waals surface area contributed by atoms with E-state index in [9.17, 15) is 4.79 Å². The Balaban J connectivity index is 1.42. The second-order valence-corrected chi connectivity index (χ2v) is 8.01. The summed E-state index contributed by atoms with van der Waals surface area (Å²) in [6, 6.07) is 9.51. The van der Waals surface area contributed by atoms with Gasteiger partial charge in [0.25, 0.3) is 5.91 Å². The molecule has 1 aromatic heterocycles. The molecule has 2 aromatic carbocycles. The van der Waals surface area contributed by atoms with Gasteiger partial charge in [-0.1, -0.05) is 18.2 Å². The lowest BCUT2D eigenvalue weighted by molar-refractivity contribution is -0.133. The van der Waals surface area contributed by atoms with Crippen LogP contribution in [0, 0.1) is 13.8 Å². The molecular weight excluding hydrogens is 422 g/mol. The Kier molecular flexibility index (Phi) is 6.39. The highest BCUT2D eigenvalue weighted by Crippen LogP contribution is 2.34. The molecule has 0 saturated carbocycles. The van der Waals surface area contributed by atoms with E-state index >= 15 is 0 Å². The number of aromatic nitrogens is 2. The molecule has 1 aliphatic heterocycles. The van der Waals surface area contributed by atoms with E-state index in [4.69, 9.17) is 19.9 Å². The van der Waals surface area contributed by atoms with E-state index in [1.807, 2.05) is 41.8 Å². The van der Waals surface area contributed by atoms with E-state index in [2.05, 4.69) is 9.97 Å². The smallest absolute Gasteiger partial charge is 0.260 e. The van der Waals surface area contributed by atoms with Crippen molar-refractivity contribution in [3.8, 4) is 17.2 Å². The molecule has 3 aromatic rings. The Morgan fingerprint density at radius 1 is 1.00 bits per heavy atom. The van der Waals surface area contributed by atoms with Crippen LogP contribution in [-0.4, -0.2) is 67.8 Å². The number of aryl methyl sites for hydroxylation is 2. The second kappa shape index (κ2) is 9.40. The number of para-hydroxylation sites is 1. The van der Waals surface area contributed by atoms with E-state index in [1.165, 1.54) is 0 Å². The maximum Gasteiger partial charge on any atom is 0.260 e. The van der Waals surface area contributed by atoms with Crippen LogP contribution >= 0.6 is 0 Å². The molecule has 0 bridgehead atoms. The lowest BCUT2D eigenvalue weighted by Crippen LogP contribution is -2.50. The third kappa shape index (κ3) is 4.57. The van der Waals surface area contributed by atoms with Gasteiger partial charge in [-0.05, 0) is 31.0 Å². The third-order valence-corrected chi connectivity index (χ3v) is 5.88. The van der Waals surface area contributed by atoms with Crippen LogP contribution in [0.25, 0.3) is 10.9 Å². The van der Waals surface area contributed by atoms with Gasteiger partial charge >= 0.3 is 0 Å². The summed E-state index contributed by atoms with van der Waals surface area (Å²) in [7, 11) is 3.15. The standard InChI is InChI=1S/C24H29N5O4/c1-15-6-5-7-16(2)22(15)33-14-21(30)28-8-10-29(11-9-28)24-26-18-13-20(32-4)19(31-3)12-17(18)23(25)27-24/h5-7,12-13H,8-11,14H2,1-4H3,(H2,25,26,27). The summed E-state index contributed by atoms with van der Waals surface area (Å²) in [4.78, 5) is 25.7. The first-order valence-corrected chi connectivity index (χ1v) is 10.8. The maximum absolute atomic E-state index is 12.7. The van der Waals surface area contributed by atoms with Gasteiger partial charge in [-0.25, -0.2) is 4.98 Å². The van der Waals surface area contributed by atoms with Crippen molar-refractivity contribution < 1.29 is 19.0 Å². The average Bonchev–Trinajstić information content (AvgIpc) is 2.82. The summed E-state index contributed by atoms with van der Waals surface area (Å²) in [6.45, 7) is 6.30. The van der Waals surface area contributed by atoms with Crippen LogP contribution in [0.2, 0.25) is 0 Å². The van der Waals surface area contributed by atoms with Crippen LogP contribution in [0.3, 0.4) is 0 Å². The van der Waals surface area contributed by atoms with E-state index in [-0.39, 0.29) is 12.5 Å². The highest BCUT2D eigenvalue weighted by atomic mass is 16.5. The molecule has 1 aliphatic rings. The number of nitrogens with two attached hydrogens (primary N) is 1. The van der Waals surface area contributed by atoms with Crippen LogP contribution in [0.4, 0.5) is 11.8 Å². The predicted octanol–water partition coefficient (Wildman–Crippen LogP) is 2.57. The van der Waals surface area contributed by atoms with Crippen LogP contribution < -0.4 is 24.8 Å². The summed E-state index contributed by atoms with van der Waals surface area (Å²) >= 11 is 0. The molecule has 0 spiro atoms. The molecule has 9 heteroatoms. The molecule has 0 unspecified atom stereocenters. The Hall–Kier alpha value is -3.75. The molecule has 1 saturated heterocycles. The lowest BCUT2D eigenvalue weighted by atomic mass is 10.1. The van der Waals surface area contributed by atoms with Crippen LogP contribution in [-0.2, 0) is 4.79 Å². The van der Waals surface area contributed by atoms with Gasteiger partial charge in [0, 0.05) is 37.6 Å². The van der Waals surface area contributed by atoms with Gasteiger partial charge in [0.1, 0.15) is 11.6 Å². The number of nitrogens with zero attached hydrogens (tertiary/aromatic N) is 4.